The van der Waals surface area contributed by atoms with E-state index in [0.717, 1.165) is 10.8 Å². The predicted molar refractivity (Wildman–Crippen MR) is 76.3 cm³/mol. The summed E-state index contributed by atoms with van der Waals surface area (Å²) in [6, 6.07) is 17.6. The van der Waals surface area contributed by atoms with Gasteiger partial charge in [0, 0.05) is 5.56 Å². The summed E-state index contributed by atoms with van der Waals surface area (Å²) < 4.78 is 14.4. The van der Waals surface area contributed by atoms with E-state index in [2.05, 4.69) is 0 Å². The molecule has 0 aliphatic heterocycles. The largest absolute Gasteiger partial charge is 0.478 e. The lowest BCUT2D eigenvalue weighted by molar-refractivity contribution is 0.0692. The van der Waals surface area contributed by atoms with Gasteiger partial charge in [-0.1, -0.05) is 54.6 Å². The molecule has 0 amide bonds. The van der Waals surface area contributed by atoms with Crippen LogP contribution in [0.1, 0.15) is 10.4 Å². The molecule has 1 N–H and O–H groups in total. The molecular formula is C17H11FO2. The molecule has 3 rings (SSSR count). The van der Waals surface area contributed by atoms with E-state index in [-0.39, 0.29) is 5.56 Å². The van der Waals surface area contributed by atoms with E-state index in [1.54, 1.807) is 18.2 Å². The van der Waals surface area contributed by atoms with E-state index < -0.39 is 11.8 Å². The summed E-state index contributed by atoms with van der Waals surface area (Å²) in [7, 11) is 0. The highest BCUT2D eigenvalue weighted by molar-refractivity contribution is 5.98. The Bertz CT molecular complexity index is 804. The molecule has 0 aliphatic carbocycles. The van der Waals surface area contributed by atoms with E-state index in [0.29, 0.717) is 11.1 Å². The molecule has 0 spiro atoms. The van der Waals surface area contributed by atoms with Crippen molar-refractivity contribution in [2.24, 2.45) is 0 Å². The van der Waals surface area contributed by atoms with E-state index in [1.165, 1.54) is 6.07 Å². The van der Waals surface area contributed by atoms with Gasteiger partial charge in [-0.2, -0.15) is 0 Å². The molecule has 0 aromatic heterocycles. The Morgan fingerprint density at radius 3 is 2.30 bits per heavy atom. The summed E-state index contributed by atoms with van der Waals surface area (Å²) in [4.78, 5) is 11.0. The molecule has 0 heterocycles. The topological polar surface area (TPSA) is 37.3 Å². The predicted octanol–water partition coefficient (Wildman–Crippen LogP) is 4.34. The standard InChI is InChI=1S/C17H11FO2/c18-16-14(9-4-10-15(16)17(19)20)13-8-3-6-11-5-1-2-7-12(11)13/h1-10H,(H,19,20). The highest BCUT2D eigenvalue weighted by atomic mass is 19.1. The van der Waals surface area contributed by atoms with Crippen molar-refractivity contribution in [1.29, 1.82) is 0 Å². The van der Waals surface area contributed by atoms with Crippen molar-refractivity contribution in [3.8, 4) is 11.1 Å². The maximum absolute atomic E-state index is 14.4. The lowest BCUT2D eigenvalue weighted by Crippen LogP contribution is -2.01. The summed E-state index contributed by atoms with van der Waals surface area (Å²) in [6.45, 7) is 0. The van der Waals surface area contributed by atoms with Gasteiger partial charge in [-0.3, -0.25) is 0 Å². The zero-order valence-corrected chi connectivity index (χ0v) is 10.5. The first-order chi connectivity index (χ1) is 9.68. The zero-order chi connectivity index (χ0) is 14.1. The first-order valence-electron chi connectivity index (χ1n) is 6.18. The monoisotopic (exact) mass is 266 g/mol. The number of hydrogen-bond donors (Lipinski definition) is 1. The van der Waals surface area contributed by atoms with Gasteiger partial charge in [0.25, 0.3) is 0 Å². The van der Waals surface area contributed by atoms with E-state index >= 15 is 0 Å². The quantitative estimate of drug-likeness (QED) is 0.749. The Balaban J connectivity index is 2.32. The number of rotatable bonds is 2. The van der Waals surface area contributed by atoms with Crippen molar-refractivity contribution in [2.75, 3.05) is 0 Å². The first-order valence-corrected chi connectivity index (χ1v) is 6.18. The Labute approximate surface area is 115 Å². The first kappa shape index (κ1) is 12.4. The molecule has 20 heavy (non-hydrogen) atoms. The van der Waals surface area contributed by atoms with Gasteiger partial charge in [0.1, 0.15) is 5.82 Å². The fourth-order valence-corrected chi connectivity index (χ4v) is 2.37. The van der Waals surface area contributed by atoms with E-state index in [1.807, 2.05) is 36.4 Å². The summed E-state index contributed by atoms with van der Waals surface area (Å²) in [6.07, 6.45) is 0. The fraction of sp³-hybridized carbons (Fsp3) is 0. The van der Waals surface area contributed by atoms with Gasteiger partial charge in [0.2, 0.25) is 0 Å². The minimum atomic E-state index is -1.26. The van der Waals surface area contributed by atoms with Crippen molar-refractivity contribution >= 4 is 16.7 Å². The van der Waals surface area contributed by atoms with Crippen LogP contribution in [0.15, 0.2) is 60.7 Å². The van der Waals surface area contributed by atoms with Gasteiger partial charge in [0.15, 0.2) is 0 Å². The summed E-state index contributed by atoms with van der Waals surface area (Å²) >= 11 is 0. The molecule has 2 nitrogen and oxygen atoms in total. The van der Waals surface area contributed by atoms with Gasteiger partial charge in [-0.15, -0.1) is 0 Å². The van der Waals surface area contributed by atoms with Gasteiger partial charge in [0.05, 0.1) is 5.56 Å². The maximum atomic E-state index is 14.4. The maximum Gasteiger partial charge on any atom is 0.338 e. The SMILES string of the molecule is O=C(O)c1cccc(-c2cccc3ccccc23)c1F. The minimum absolute atomic E-state index is 0.307. The van der Waals surface area contributed by atoms with Crippen LogP contribution in [-0.4, -0.2) is 11.1 Å². The molecule has 0 fully saturated rings. The molecule has 0 unspecified atom stereocenters. The molecule has 3 heteroatoms. The molecular weight excluding hydrogens is 255 g/mol. The number of fused-ring (bicyclic) bond motifs is 1. The van der Waals surface area contributed by atoms with Crippen molar-refractivity contribution in [3.63, 3.8) is 0 Å². The second-order valence-electron chi connectivity index (χ2n) is 4.50. The molecule has 3 aromatic carbocycles. The Morgan fingerprint density at radius 2 is 1.50 bits per heavy atom. The van der Waals surface area contributed by atoms with Crippen LogP contribution in [0.2, 0.25) is 0 Å². The fourth-order valence-electron chi connectivity index (χ4n) is 2.37. The summed E-state index contributed by atoms with van der Waals surface area (Å²) in [5, 5.41) is 10.9. The molecule has 3 aromatic rings. The van der Waals surface area contributed by atoms with Crippen LogP contribution in [0.3, 0.4) is 0 Å². The smallest absolute Gasteiger partial charge is 0.338 e. The lowest BCUT2D eigenvalue weighted by atomic mass is 9.96. The average Bonchev–Trinajstić information content (AvgIpc) is 2.47. The Hall–Kier alpha value is -2.68. The van der Waals surface area contributed by atoms with Gasteiger partial charge >= 0.3 is 5.97 Å². The number of halogens is 1. The highest BCUT2D eigenvalue weighted by Crippen LogP contribution is 2.31. The zero-order valence-electron chi connectivity index (χ0n) is 10.5. The van der Waals surface area contributed by atoms with Crippen LogP contribution in [0, 0.1) is 5.82 Å². The average molecular weight is 266 g/mol. The van der Waals surface area contributed by atoms with E-state index in [4.69, 9.17) is 5.11 Å². The second kappa shape index (κ2) is 4.78. The Morgan fingerprint density at radius 1 is 0.850 bits per heavy atom. The number of hydrogen-bond acceptors (Lipinski definition) is 1. The number of carboxylic acid groups (broad SMARTS) is 1. The molecule has 0 saturated carbocycles. The van der Waals surface area contributed by atoms with Crippen LogP contribution in [0.25, 0.3) is 21.9 Å². The van der Waals surface area contributed by atoms with Crippen LogP contribution < -0.4 is 0 Å². The molecule has 0 radical (unpaired) electrons. The number of benzene rings is 3. The second-order valence-corrected chi connectivity index (χ2v) is 4.50. The third kappa shape index (κ3) is 1.93. The van der Waals surface area contributed by atoms with Crippen molar-refractivity contribution in [3.05, 3.63) is 72.0 Å². The third-order valence-electron chi connectivity index (χ3n) is 3.31. The number of aromatic carboxylic acids is 1. The molecule has 0 saturated heterocycles. The van der Waals surface area contributed by atoms with Gasteiger partial charge in [-0.25, -0.2) is 9.18 Å². The highest BCUT2D eigenvalue weighted by Gasteiger charge is 2.16. The van der Waals surface area contributed by atoms with Crippen molar-refractivity contribution in [2.45, 2.75) is 0 Å². The lowest BCUT2D eigenvalue weighted by Gasteiger charge is -2.09. The minimum Gasteiger partial charge on any atom is -0.478 e. The normalized spacial score (nSPS) is 10.7. The molecule has 0 bridgehead atoms. The van der Waals surface area contributed by atoms with Crippen LogP contribution in [0.4, 0.5) is 4.39 Å². The third-order valence-corrected chi connectivity index (χ3v) is 3.31. The molecule has 0 aliphatic rings. The summed E-state index contributed by atoms with van der Waals surface area (Å²) in [5.41, 5.74) is 0.695. The Kier molecular flexibility index (Phi) is 2.95. The van der Waals surface area contributed by atoms with Crippen LogP contribution in [-0.2, 0) is 0 Å². The number of carbonyl (C=O) groups is 1. The van der Waals surface area contributed by atoms with E-state index in [9.17, 15) is 9.18 Å². The van der Waals surface area contributed by atoms with Crippen LogP contribution in [0.5, 0.6) is 0 Å². The van der Waals surface area contributed by atoms with Gasteiger partial charge < -0.3 is 5.11 Å². The summed E-state index contributed by atoms with van der Waals surface area (Å²) in [5.74, 6) is -1.96. The molecule has 98 valence electrons. The number of carboxylic acids is 1. The van der Waals surface area contributed by atoms with Crippen molar-refractivity contribution in [1.82, 2.24) is 0 Å². The van der Waals surface area contributed by atoms with Gasteiger partial charge in [-0.05, 0) is 22.4 Å². The van der Waals surface area contributed by atoms with Crippen LogP contribution >= 0.6 is 0 Å². The van der Waals surface area contributed by atoms with Crippen molar-refractivity contribution < 1.29 is 14.3 Å². The molecule has 0 atom stereocenters.